The van der Waals surface area contributed by atoms with Gasteiger partial charge >= 0.3 is 6.18 Å². The first kappa shape index (κ1) is 22.0. The molecular formula is C23H17F3N4O3. The molecule has 0 aliphatic heterocycles. The smallest absolute Gasteiger partial charge is 0.343 e. The minimum absolute atomic E-state index is 0.0249. The fourth-order valence-electron chi connectivity index (χ4n) is 3.25. The molecule has 0 spiro atoms. The van der Waals surface area contributed by atoms with Crippen LogP contribution in [0.3, 0.4) is 0 Å². The molecule has 4 rings (SSSR count). The van der Waals surface area contributed by atoms with Crippen molar-refractivity contribution in [1.29, 1.82) is 0 Å². The Morgan fingerprint density at radius 3 is 2.48 bits per heavy atom. The van der Waals surface area contributed by atoms with E-state index in [4.69, 9.17) is 4.52 Å². The van der Waals surface area contributed by atoms with Crippen LogP contribution in [0.5, 0.6) is 0 Å². The van der Waals surface area contributed by atoms with Crippen molar-refractivity contribution in [3.63, 3.8) is 0 Å². The van der Waals surface area contributed by atoms with Crippen molar-refractivity contribution in [2.24, 2.45) is 0 Å². The Kier molecular flexibility index (Phi) is 5.82. The second-order valence-electron chi connectivity index (χ2n) is 7.20. The van der Waals surface area contributed by atoms with E-state index in [1.54, 1.807) is 18.3 Å². The van der Waals surface area contributed by atoms with Crippen molar-refractivity contribution >= 4 is 28.6 Å². The van der Waals surface area contributed by atoms with E-state index in [9.17, 15) is 22.8 Å². The number of hydrogen-bond acceptors (Lipinski definition) is 5. The third-order valence-electron chi connectivity index (χ3n) is 4.76. The number of rotatable bonds is 5. The predicted octanol–water partition coefficient (Wildman–Crippen LogP) is 4.74. The van der Waals surface area contributed by atoms with Gasteiger partial charge in [-0.05, 0) is 31.2 Å². The number of alkyl halides is 3. The van der Waals surface area contributed by atoms with Gasteiger partial charge in [-0.15, -0.1) is 0 Å². The number of hydrogen-bond donors (Lipinski definition) is 2. The van der Waals surface area contributed by atoms with Crippen LogP contribution in [-0.4, -0.2) is 34.7 Å². The SMILES string of the molecule is Cc1noc2nc(-c3ccccc3)cc(C(=O)Nc3cccc(C(=O)NCC(F)(F)F)c3)c12. The summed E-state index contributed by atoms with van der Waals surface area (Å²) in [5.74, 6) is -1.42. The van der Waals surface area contributed by atoms with Crippen molar-refractivity contribution in [3.05, 3.63) is 77.5 Å². The molecule has 2 N–H and O–H groups in total. The molecule has 4 aromatic rings. The number of nitrogens with one attached hydrogen (secondary N) is 2. The summed E-state index contributed by atoms with van der Waals surface area (Å²) in [4.78, 5) is 29.6. The number of pyridine rings is 1. The van der Waals surface area contributed by atoms with Crippen LogP contribution in [-0.2, 0) is 0 Å². The zero-order valence-corrected chi connectivity index (χ0v) is 17.2. The quantitative estimate of drug-likeness (QED) is 0.454. The molecule has 0 bridgehead atoms. The number of anilines is 1. The molecule has 7 nitrogen and oxygen atoms in total. The molecule has 0 aliphatic rings. The van der Waals surface area contributed by atoms with Crippen molar-refractivity contribution in [2.45, 2.75) is 13.1 Å². The lowest BCUT2D eigenvalue weighted by Crippen LogP contribution is -2.33. The number of carbonyl (C=O) groups is 2. The average molecular weight is 454 g/mol. The molecule has 0 aliphatic carbocycles. The van der Waals surface area contributed by atoms with Gasteiger partial charge in [-0.2, -0.15) is 13.2 Å². The van der Waals surface area contributed by atoms with Crippen LogP contribution < -0.4 is 10.6 Å². The van der Waals surface area contributed by atoms with Gasteiger partial charge in [0.15, 0.2) is 0 Å². The van der Waals surface area contributed by atoms with Gasteiger partial charge in [0.1, 0.15) is 6.54 Å². The first-order chi connectivity index (χ1) is 15.7. The van der Waals surface area contributed by atoms with Gasteiger partial charge < -0.3 is 15.2 Å². The molecule has 2 aromatic heterocycles. The maximum atomic E-state index is 13.1. The fraction of sp³-hybridized carbons (Fsp3) is 0.130. The normalized spacial score (nSPS) is 11.4. The number of nitrogens with zero attached hydrogens (tertiary/aromatic N) is 2. The molecular weight excluding hydrogens is 437 g/mol. The maximum absolute atomic E-state index is 13.1. The first-order valence-corrected chi connectivity index (χ1v) is 9.80. The number of benzene rings is 2. The number of aromatic nitrogens is 2. The summed E-state index contributed by atoms with van der Waals surface area (Å²) in [5, 5.41) is 8.81. The topological polar surface area (TPSA) is 97.1 Å². The van der Waals surface area contributed by atoms with E-state index in [2.05, 4.69) is 15.5 Å². The molecule has 10 heteroatoms. The number of amides is 2. The Balaban J connectivity index is 1.63. The van der Waals surface area contributed by atoms with E-state index in [-0.39, 0.29) is 22.5 Å². The summed E-state index contributed by atoms with van der Waals surface area (Å²) < 4.78 is 42.4. The highest BCUT2D eigenvalue weighted by Gasteiger charge is 2.28. The Morgan fingerprint density at radius 1 is 1.00 bits per heavy atom. The molecule has 0 saturated heterocycles. The van der Waals surface area contributed by atoms with Crippen molar-refractivity contribution in [2.75, 3.05) is 11.9 Å². The van der Waals surface area contributed by atoms with Gasteiger partial charge in [-0.3, -0.25) is 9.59 Å². The van der Waals surface area contributed by atoms with Gasteiger partial charge in [0.05, 0.1) is 22.3 Å². The molecule has 168 valence electrons. The largest absolute Gasteiger partial charge is 0.405 e. The van der Waals surface area contributed by atoms with Crippen LogP contribution in [0.4, 0.5) is 18.9 Å². The molecule has 2 amide bonds. The molecule has 33 heavy (non-hydrogen) atoms. The summed E-state index contributed by atoms with van der Waals surface area (Å²) in [6, 6.07) is 16.4. The Labute approximate surface area is 185 Å². The van der Waals surface area contributed by atoms with E-state index in [1.165, 1.54) is 24.3 Å². The van der Waals surface area contributed by atoms with Gasteiger partial charge in [-0.1, -0.05) is 41.6 Å². The highest BCUT2D eigenvalue weighted by Crippen LogP contribution is 2.27. The third kappa shape index (κ3) is 5.00. The van der Waals surface area contributed by atoms with E-state index < -0.39 is 24.5 Å². The minimum Gasteiger partial charge on any atom is -0.343 e. The van der Waals surface area contributed by atoms with Crippen LogP contribution in [0.1, 0.15) is 26.4 Å². The standard InChI is InChI=1S/C23H17F3N4O3/c1-13-19-17(11-18(29-22(19)33-30-13)14-6-3-2-4-7-14)21(32)28-16-9-5-8-15(10-16)20(31)27-12-23(24,25)26/h2-11H,12H2,1H3,(H,27,31)(H,28,32). The summed E-state index contributed by atoms with van der Waals surface area (Å²) in [7, 11) is 0. The van der Waals surface area contributed by atoms with E-state index >= 15 is 0 Å². The lowest BCUT2D eigenvalue weighted by Gasteiger charge is -2.11. The Bertz CT molecular complexity index is 1330. The number of aryl methyl sites for hydroxylation is 1. The van der Waals surface area contributed by atoms with Crippen LogP contribution >= 0.6 is 0 Å². The van der Waals surface area contributed by atoms with Crippen molar-refractivity contribution in [3.8, 4) is 11.3 Å². The van der Waals surface area contributed by atoms with Crippen LogP contribution in [0.25, 0.3) is 22.4 Å². The number of carbonyl (C=O) groups excluding carboxylic acids is 2. The Morgan fingerprint density at radius 2 is 1.76 bits per heavy atom. The second-order valence-corrected chi connectivity index (χ2v) is 7.20. The van der Waals surface area contributed by atoms with E-state index in [0.717, 1.165) is 5.56 Å². The van der Waals surface area contributed by atoms with Gasteiger partial charge in [-0.25, -0.2) is 4.98 Å². The molecule has 2 aromatic carbocycles. The zero-order valence-electron chi connectivity index (χ0n) is 17.2. The van der Waals surface area contributed by atoms with Crippen LogP contribution in [0.2, 0.25) is 0 Å². The average Bonchev–Trinajstić information content (AvgIpc) is 3.18. The summed E-state index contributed by atoms with van der Waals surface area (Å²) in [5.41, 5.74) is 2.41. The molecule has 0 fully saturated rings. The van der Waals surface area contributed by atoms with Gasteiger partial charge in [0.2, 0.25) is 0 Å². The van der Waals surface area contributed by atoms with Crippen molar-refractivity contribution < 1.29 is 27.3 Å². The lowest BCUT2D eigenvalue weighted by molar-refractivity contribution is -0.123. The maximum Gasteiger partial charge on any atom is 0.405 e. The summed E-state index contributed by atoms with van der Waals surface area (Å²) in [6.45, 7) is 0.227. The lowest BCUT2D eigenvalue weighted by atomic mass is 10.0. The molecule has 0 saturated carbocycles. The summed E-state index contributed by atoms with van der Waals surface area (Å²) in [6.07, 6.45) is -4.53. The van der Waals surface area contributed by atoms with Crippen LogP contribution in [0.15, 0.2) is 65.2 Å². The monoisotopic (exact) mass is 454 g/mol. The third-order valence-corrected chi connectivity index (χ3v) is 4.76. The van der Waals surface area contributed by atoms with Crippen LogP contribution in [0, 0.1) is 6.92 Å². The Hall–Kier alpha value is -4.21. The highest BCUT2D eigenvalue weighted by atomic mass is 19.4. The first-order valence-electron chi connectivity index (χ1n) is 9.80. The second kappa shape index (κ2) is 8.73. The molecule has 0 radical (unpaired) electrons. The molecule has 2 heterocycles. The van der Waals surface area contributed by atoms with Crippen molar-refractivity contribution in [1.82, 2.24) is 15.5 Å². The number of halogens is 3. The van der Waals surface area contributed by atoms with E-state index in [1.807, 2.05) is 30.3 Å². The molecule has 0 atom stereocenters. The predicted molar refractivity (Wildman–Crippen MR) is 115 cm³/mol. The van der Waals surface area contributed by atoms with E-state index in [0.29, 0.717) is 16.8 Å². The highest BCUT2D eigenvalue weighted by molar-refractivity contribution is 6.13. The zero-order chi connectivity index (χ0) is 23.6. The summed E-state index contributed by atoms with van der Waals surface area (Å²) >= 11 is 0. The van der Waals surface area contributed by atoms with Gasteiger partial charge in [0, 0.05) is 16.8 Å². The fourth-order valence-corrected chi connectivity index (χ4v) is 3.25. The van der Waals surface area contributed by atoms with Gasteiger partial charge in [0.25, 0.3) is 17.5 Å². The minimum atomic E-state index is -4.53. The number of fused-ring (bicyclic) bond motifs is 1. The molecule has 0 unspecified atom stereocenters.